The second-order valence-electron chi connectivity index (χ2n) is 6.81. The second kappa shape index (κ2) is 13.1. The number of allylic oxidation sites excluding steroid dienone is 1. The highest BCUT2D eigenvalue weighted by molar-refractivity contribution is 5.87. The largest absolute Gasteiger partial charge is 0.477 e. The molecule has 0 aromatic heterocycles. The van der Waals surface area contributed by atoms with Gasteiger partial charge in [-0.15, -0.1) is 0 Å². The van der Waals surface area contributed by atoms with Gasteiger partial charge in [0, 0.05) is 13.0 Å². The van der Waals surface area contributed by atoms with E-state index in [-0.39, 0.29) is 12.5 Å². The molecule has 0 unspecified atom stereocenters. The summed E-state index contributed by atoms with van der Waals surface area (Å²) in [7, 11) is 3.77. The Hall–Kier alpha value is -1.36. The van der Waals surface area contributed by atoms with Crippen LogP contribution in [0.15, 0.2) is 12.2 Å². The van der Waals surface area contributed by atoms with Crippen LogP contribution in [-0.2, 0) is 9.59 Å². The van der Waals surface area contributed by atoms with Crippen molar-refractivity contribution in [3.63, 3.8) is 0 Å². The number of amides is 1. The molecule has 134 valence electrons. The summed E-state index contributed by atoms with van der Waals surface area (Å²) in [6, 6.07) is 0. The van der Waals surface area contributed by atoms with Gasteiger partial charge in [0.15, 0.2) is 6.54 Å². The first-order valence-electron chi connectivity index (χ1n) is 8.85. The highest BCUT2D eigenvalue weighted by atomic mass is 16.4. The summed E-state index contributed by atoms with van der Waals surface area (Å²) in [4.78, 5) is 22.3. The summed E-state index contributed by atoms with van der Waals surface area (Å²) >= 11 is 0. The van der Waals surface area contributed by atoms with E-state index in [9.17, 15) is 9.59 Å². The molecule has 1 amide bonds. The van der Waals surface area contributed by atoms with Crippen LogP contribution in [-0.4, -0.2) is 55.2 Å². The first-order chi connectivity index (χ1) is 10.9. The summed E-state index contributed by atoms with van der Waals surface area (Å²) in [6.07, 6.45) is 12.9. The zero-order valence-electron chi connectivity index (χ0n) is 15.1. The Morgan fingerprint density at radius 3 is 2.35 bits per heavy atom. The third-order valence-electron chi connectivity index (χ3n) is 3.80. The predicted octanol–water partition coefficient (Wildman–Crippen LogP) is 2.96. The van der Waals surface area contributed by atoms with E-state index in [0.717, 1.165) is 25.8 Å². The van der Waals surface area contributed by atoms with Crippen molar-refractivity contribution in [3.8, 4) is 0 Å². The van der Waals surface area contributed by atoms with E-state index in [1.807, 2.05) is 20.2 Å². The van der Waals surface area contributed by atoms with Gasteiger partial charge < -0.3 is 14.9 Å². The number of rotatable bonds is 14. The van der Waals surface area contributed by atoms with Crippen LogP contribution in [0.25, 0.3) is 0 Å². The lowest BCUT2D eigenvalue weighted by Crippen LogP contribution is -2.45. The van der Waals surface area contributed by atoms with Gasteiger partial charge in [-0.2, -0.15) is 0 Å². The Morgan fingerprint density at radius 2 is 1.70 bits per heavy atom. The number of unbranched alkanes of at least 4 members (excludes halogenated alkanes) is 6. The second-order valence-corrected chi connectivity index (χ2v) is 6.81. The maximum atomic E-state index is 11.6. The number of aliphatic carboxylic acids is 1. The number of carboxylic acids is 1. The lowest BCUT2D eigenvalue weighted by atomic mass is 10.1. The van der Waals surface area contributed by atoms with Crippen molar-refractivity contribution in [1.82, 2.24) is 5.32 Å². The lowest BCUT2D eigenvalue weighted by Gasteiger charge is -2.27. The highest BCUT2D eigenvalue weighted by Gasteiger charge is 2.18. The van der Waals surface area contributed by atoms with Gasteiger partial charge >= 0.3 is 5.97 Å². The molecule has 5 heteroatoms. The van der Waals surface area contributed by atoms with Crippen molar-refractivity contribution in [2.75, 3.05) is 33.7 Å². The van der Waals surface area contributed by atoms with Gasteiger partial charge in [-0.25, -0.2) is 4.79 Å². The van der Waals surface area contributed by atoms with Crippen molar-refractivity contribution >= 4 is 11.9 Å². The van der Waals surface area contributed by atoms with Gasteiger partial charge in [-0.1, -0.05) is 45.1 Å². The smallest absolute Gasteiger partial charge is 0.359 e. The summed E-state index contributed by atoms with van der Waals surface area (Å²) in [5, 5.41) is 11.6. The molecule has 23 heavy (non-hydrogen) atoms. The number of carbonyl (C=O) groups excluding carboxylic acids is 1. The zero-order valence-corrected chi connectivity index (χ0v) is 15.1. The van der Waals surface area contributed by atoms with Gasteiger partial charge in [-0.3, -0.25) is 4.79 Å². The van der Waals surface area contributed by atoms with E-state index in [1.165, 1.54) is 32.1 Å². The standard InChI is InChI=1S/C18H34N2O3/c1-4-5-6-7-8-9-10-11-13-17(21)19-14-12-15-20(2,3)16-18(22)23/h11,13H,4-10,12,14-16H2,1-3H3,(H-,19,21,22,23)/p+1. The third-order valence-corrected chi connectivity index (χ3v) is 3.80. The molecule has 0 aromatic rings. The number of nitrogens with zero attached hydrogens (tertiary/aromatic N) is 1. The van der Waals surface area contributed by atoms with Crippen LogP contribution in [0.4, 0.5) is 0 Å². The van der Waals surface area contributed by atoms with E-state index < -0.39 is 5.97 Å². The first kappa shape index (κ1) is 21.6. The normalized spacial score (nSPS) is 11.8. The molecule has 0 bridgehead atoms. The Bertz CT molecular complexity index is 365. The topological polar surface area (TPSA) is 66.4 Å². The molecule has 2 N–H and O–H groups in total. The fraction of sp³-hybridized carbons (Fsp3) is 0.778. The Labute approximate surface area is 141 Å². The number of hydrogen-bond acceptors (Lipinski definition) is 2. The maximum Gasteiger partial charge on any atom is 0.359 e. The molecular weight excluding hydrogens is 292 g/mol. The van der Waals surface area contributed by atoms with Crippen LogP contribution in [0.2, 0.25) is 0 Å². The number of carbonyl (C=O) groups is 2. The molecule has 0 atom stereocenters. The third kappa shape index (κ3) is 15.3. The van der Waals surface area contributed by atoms with Gasteiger partial charge in [-0.05, 0) is 18.9 Å². The summed E-state index contributed by atoms with van der Waals surface area (Å²) in [5.41, 5.74) is 0. The molecule has 0 saturated carbocycles. The molecule has 0 rings (SSSR count). The van der Waals surface area contributed by atoms with E-state index in [4.69, 9.17) is 5.11 Å². The molecule has 0 aliphatic carbocycles. The van der Waals surface area contributed by atoms with Crippen molar-refractivity contribution in [1.29, 1.82) is 0 Å². The van der Waals surface area contributed by atoms with Gasteiger partial charge in [0.05, 0.1) is 20.6 Å². The monoisotopic (exact) mass is 327 g/mol. The Balaban J connectivity index is 3.59. The quantitative estimate of drug-likeness (QED) is 0.293. The van der Waals surface area contributed by atoms with Crippen molar-refractivity contribution < 1.29 is 19.2 Å². The van der Waals surface area contributed by atoms with E-state index in [1.54, 1.807) is 6.08 Å². The lowest BCUT2D eigenvalue weighted by molar-refractivity contribution is -0.883. The fourth-order valence-corrected chi connectivity index (χ4v) is 2.46. The van der Waals surface area contributed by atoms with Crippen LogP contribution in [0.3, 0.4) is 0 Å². The number of likely N-dealkylation sites (N-methyl/N-ethyl adjacent to an activating group) is 1. The van der Waals surface area contributed by atoms with Crippen molar-refractivity contribution in [3.05, 3.63) is 12.2 Å². The Morgan fingerprint density at radius 1 is 1.04 bits per heavy atom. The average molecular weight is 327 g/mol. The number of quaternary nitrogens is 1. The summed E-state index contributed by atoms with van der Waals surface area (Å²) in [5.74, 6) is -0.851. The van der Waals surface area contributed by atoms with Crippen molar-refractivity contribution in [2.45, 2.75) is 58.3 Å². The SMILES string of the molecule is CCCCCCCCC=CC(=O)NCCC[N+](C)(C)CC(=O)O. The molecule has 0 heterocycles. The van der Waals surface area contributed by atoms with E-state index >= 15 is 0 Å². The molecule has 5 nitrogen and oxygen atoms in total. The molecule has 0 saturated heterocycles. The molecule has 0 aliphatic heterocycles. The summed E-state index contributed by atoms with van der Waals surface area (Å²) in [6.45, 7) is 3.63. The van der Waals surface area contributed by atoms with Gasteiger partial charge in [0.1, 0.15) is 0 Å². The first-order valence-corrected chi connectivity index (χ1v) is 8.85. The predicted molar refractivity (Wildman–Crippen MR) is 94.2 cm³/mol. The number of carboxylic acid groups (broad SMARTS) is 1. The zero-order chi connectivity index (χ0) is 17.6. The number of hydrogen-bond donors (Lipinski definition) is 2. The van der Waals surface area contributed by atoms with Crippen LogP contribution in [0, 0.1) is 0 Å². The maximum absolute atomic E-state index is 11.6. The highest BCUT2D eigenvalue weighted by Crippen LogP contribution is 2.07. The molecule has 0 fully saturated rings. The van der Waals surface area contributed by atoms with Crippen LogP contribution >= 0.6 is 0 Å². The molecule has 0 aliphatic rings. The molecular formula is C18H35N2O3+. The van der Waals surface area contributed by atoms with Crippen LogP contribution in [0.5, 0.6) is 0 Å². The van der Waals surface area contributed by atoms with Gasteiger partial charge in [0.2, 0.25) is 5.91 Å². The molecule has 0 radical (unpaired) electrons. The summed E-state index contributed by atoms with van der Waals surface area (Å²) < 4.78 is 0.430. The van der Waals surface area contributed by atoms with Crippen LogP contribution < -0.4 is 5.32 Å². The number of nitrogens with one attached hydrogen (secondary N) is 1. The molecule has 0 spiro atoms. The fourth-order valence-electron chi connectivity index (χ4n) is 2.46. The van der Waals surface area contributed by atoms with Crippen molar-refractivity contribution in [2.24, 2.45) is 0 Å². The minimum atomic E-state index is -0.795. The Kier molecular flexibility index (Phi) is 12.3. The molecule has 0 aromatic carbocycles. The van der Waals surface area contributed by atoms with Crippen LogP contribution in [0.1, 0.15) is 58.3 Å². The van der Waals surface area contributed by atoms with Gasteiger partial charge in [0.25, 0.3) is 0 Å². The van der Waals surface area contributed by atoms with E-state index in [2.05, 4.69) is 12.2 Å². The minimum absolute atomic E-state index is 0.0560. The minimum Gasteiger partial charge on any atom is -0.477 e. The average Bonchev–Trinajstić information content (AvgIpc) is 2.45. The van der Waals surface area contributed by atoms with E-state index in [0.29, 0.717) is 11.0 Å².